The van der Waals surface area contributed by atoms with Gasteiger partial charge in [-0.2, -0.15) is 0 Å². The highest BCUT2D eigenvalue weighted by atomic mass is 19.1. The molecule has 0 amide bonds. The smallest absolute Gasteiger partial charge is 0.128 e. The summed E-state index contributed by atoms with van der Waals surface area (Å²) in [6, 6.07) is 3.50. The van der Waals surface area contributed by atoms with E-state index < -0.39 is 0 Å². The van der Waals surface area contributed by atoms with Crippen molar-refractivity contribution in [2.24, 2.45) is 11.8 Å². The van der Waals surface area contributed by atoms with E-state index in [1.807, 2.05) is 6.92 Å². The van der Waals surface area contributed by atoms with Crippen LogP contribution in [0.4, 0.5) is 8.78 Å². The van der Waals surface area contributed by atoms with Gasteiger partial charge in [-0.05, 0) is 56.3 Å². The van der Waals surface area contributed by atoms with E-state index in [9.17, 15) is 8.78 Å². The van der Waals surface area contributed by atoms with Crippen LogP contribution in [0, 0.1) is 23.5 Å². The van der Waals surface area contributed by atoms with Gasteiger partial charge in [0.25, 0.3) is 0 Å². The van der Waals surface area contributed by atoms with Crippen LogP contribution >= 0.6 is 0 Å². The number of benzene rings is 1. The molecule has 3 atom stereocenters. The molecule has 2 rings (SSSR count). The number of halogens is 2. The van der Waals surface area contributed by atoms with Crippen LogP contribution < -0.4 is 5.32 Å². The number of nitrogens with one attached hydrogen (secondary N) is 1. The predicted molar refractivity (Wildman–Crippen MR) is 73.9 cm³/mol. The van der Waals surface area contributed by atoms with Crippen LogP contribution in [0.5, 0.6) is 0 Å². The molecule has 0 heterocycles. The maximum Gasteiger partial charge on any atom is 0.128 e. The summed E-state index contributed by atoms with van der Waals surface area (Å²) in [5, 5.41) is 3.35. The summed E-state index contributed by atoms with van der Waals surface area (Å²) >= 11 is 0. The lowest BCUT2D eigenvalue weighted by Crippen LogP contribution is -2.29. The molecular formula is C16H23F2N. The Morgan fingerprint density at radius 3 is 2.84 bits per heavy atom. The molecular weight excluding hydrogens is 244 g/mol. The van der Waals surface area contributed by atoms with Gasteiger partial charge in [0.05, 0.1) is 0 Å². The Kier molecular flexibility index (Phi) is 4.92. The fraction of sp³-hybridized carbons (Fsp3) is 0.625. The van der Waals surface area contributed by atoms with Gasteiger partial charge in [0.1, 0.15) is 11.6 Å². The molecule has 19 heavy (non-hydrogen) atoms. The van der Waals surface area contributed by atoms with E-state index in [0.717, 1.165) is 18.5 Å². The van der Waals surface area contributed by atoms with Crippen LogP contribution in [0.15, 0.2) is 18.2 Å². The molecule has 1 nitrogen and oxygen atoms in total. The Labute approximate surface area is 114 Å². The first-order chi connectivity index (χ1) is 9.06. The molecule has 3 heteroatoms. The molecule has 0 aliphatic heterocycles. The number of hydrogen-bond acceptors (Lipinski definition) is 1. The van der Waals surface area contributed by atoms with Crippen molar-refractivity contribution in [3.05, 3.63) is 35.4 Å². The molecule has 1 aromatic rings. The van der Waals surface area contributed by atoms with Gasteiger partial charge in [-0.3, -0.25) is 0 Å². The largest absolute Gasteiger partial charge is 0.310 e. The van der Waals surface area contributed by atoms with E-state index in [1.165, 1.54) is 37.8 Å². The molecule has 0 saturated heterocycles. The maximum absolute atomic E-state index is 13.6. The minimum Gasteiger partial charge on any atom is -0.310 e. The Hall–Kier alpha value is -0.960. The highest BCUT2D eigenvalue weighted by Crippen LogP contribution is 2.28. The van der Waals surface area contributed by atoms with Gasteiger partial charge in [0.15, 0.2) is 0 Å². The first-order valence-corrected chi connectivity index (χ1v) is 7.24. The summed E-state index contributed by atoms with van der Waals surface area (Å²) in [7, 11) is 0. The molecule has 1 aliphatic rings. The first-order valence-electron chi connectivity index (χ1n) is 7.24. The Balaban J connectivity index is 1.90. The Bertz CT molecular complexity index is 419. The van der Waals surface area contributed by atoms with Crippen LogP contribution in [0.2, 0.25) is 0 Å². The van der Waals surface area contributed by atoms with Gasteiger partial charge in [0.2, 0.25) is 0 Å². The Morgan fingerprint density at radius 1 is 1.32 bits per heavy atom. The maximum atomic E-state index is 13.6. The average molecular weight is 267 g/mol. The standard InChI is InChI=1S/C16H23F2N/c1-11-4-3-5-13(8-11)10-19-12(2)15-9-14(17)6-7-16(15)18/h6-7,9,11-13,19H,3-5,8,10H2,1-2H3. The van der Waals surface area contributed by atoms with E-state index in [2.05, 4.69) is 12.2 Å². The molecule has 0 spiro atoms. The fourth-order valence-corrected chi connectivity index (χ4v) is 3.04. The molecule has 1 N–H and O–H groups in total. The first kappa shape index (κ1) is 14.4. The van der Waals surface area contributed by atoms with Gasteiger partial charge >= 0.3 is 0 Å². The minimum absolute atomic E-state index is 0.145. The molecule has 106 valence electrons. The molecule has 0 radical (unpaired) electrons. The van der Waals surface area contributed by atoms with E-state index in [1.54, 1.807) is 0 Å². The molecule has 3 unspecified atom stereocenters. The third-order valence-corrected chi connectivity index (χ3v) is 4.18. The molecule has 1 aromatic carbocycles. The lowest BCUT2D eigenvalue weighted by atomic mass is 9.82. The van der Waals surface area contributed by atoms with Crippen molar-refractivity contribution < 1.29 is 8.78 Å². The van der Waals surface area contributed by atoms with Crippen molar-refractivity contribution in [2.75, 3.05) is 6.54 Å². The lowest BCUT2D eigenvalue weighted by Gasteiger charge is -2.28. The summed E-state index contributed by atoms with van der Waals surface area (Å²) in [4.78, 5) is 0. The van der Waals surface area contributed by atoms with E-state index in [-0.39, 0.29) is 17.7 Å². The fourth-order valence-electron chi connectivity index (χ4n) is 3.04. The van der Waals surface area contributed by atoms with Crippen LogP contribution in [0.1, 0.15) is 51.1 Å². The zero-order valence-electron chi connectivity index (χ0n) is 11.8. The predicted octanol–water partition coefficient (Wildman–Crippen LogP) is 4.44. The topological polar surface area (TPSA) is 12.0 Å². The second-order valence-electron chi connectivity index (χ2n) is 5.93. The van der Waals surface area contributed by atoms with Crippen molar-refractivity contribution in [1.29, 1.82) is 0 Å². The van der Waals surface area contributed by atoms with E-state index in [0.29, 0.717) is 11.5 Å². The zero-order chi connectivity index (χ0) is 13.8. The van der Waals surface area contributed by atoms with Crippen molar-refractivity contribution >= 4 is 0 Å². The molecule has 0 aromatic heterocycles. The number of hydrogen-bond donors (Lipinski definition) is 1. The van der Waals surface area contributed by atoms with Crippen molar-refractivity contribution in [1.82, 2.24) is 5.32 Å². The van der Waals surface area contributed by atoms with Crippen LogP contribution in [-0.2, 0) is 0 Å². The summed E-state index contributed by atoms with van der Waals surface area (Å²) in [6.07, 6.45) is 5.10. The summed E-state index contributed by atoms with van der Waals surface area (Å²) in [5.74, 6) is 0.749. The lowest BCUT2D eigenvalue weighted by molar-refractivity contribution is 0.268. The monoisotopic (exact) mass is 267 g/mol. The molecule has 1 aliphatic carbocycles. The van der Waals surface area contributed by atoms with Crippen LogP contribution in [-0.4, -0.2) is 6.54 Å². The third-order valence-electron chi connectivity index (χ3n) is 4.18. The van der Waals surface area contributed by atoms with Gasteiger partial charge in [0, 0.05) is 11.6 Å². The highest BCUT2D eigenvalue weighted by molar-refractivity contribution is 5.21. The zero-order valence-corrected chi connectivity index (χ0v) is 11.8. The summed E-state index contributed by atoms with van der Waals surface area (Å²) in [6.45, 7) is 5.08. The van der Waals surface area contributed by atoms with E-state index in [4.69, 9.17) is 0 Å². The highest BCUT2D eigenvalue weighted by Gasteiger charge is 2.20. The average Bonchev–Trinajstić information content (AvgIpc) is 2.39. The van der Waals surface area contributed by atoms with Crippen molar-refractivity contribution in [3.8, 4) is 0 Å². The molecule has 1 saturated carbocycles. The van der Waals surface area contributed by atoms with Crippen molar-refractivity contribution in [2.45, 2.75) is 45.6 Å². The van der Waals surface area contributed by atoms with Crippen LogP contribution in [0.3, 0.4) is 0 Å². The second-order valence-corrected chi connectivity index (χ2v) is 5.93. The van der Waals surface area contributed by atoms with Gasteiger partial charge < -0.3 is 5.32 Å². The number of rotatable bonds is 4. The summed E-state index contributed by atoms with van der Waals surface area (Å²) in [5.41, 5.74) is 0.420. The van der Waals surface area contributed by atoms with Gasteiger partial charge in [-0.1, -0.05) is 19.8 Å². The second kappa shape index (κ2) is 6.47. The summed E-state index contributed by atoms with van der Waals surface area (Å²) < 4.78 is 26.8. The third kappa shape index (κ3) is 4.00. The van der Waals surface area contributed by atoms with Crippen molar-refractivity contribution in [3.63, 3.8) is 0 Å². The minimum atomic E-state index is -0.378. The van der Waals surface area contributed by atoms with E-state index >= 15 is 0 Å². The SMILES string of the molecule is CC1CCCC(CNC(C)c2cc(F)ccc2F)C1. The molecule has 1 fully saturated rings. The van der Waals surface area contributed by atoms with Gasteiger partial charge in [-0.15, -0.1) is 0 Å². The molecule has 0 bridgehead atoms. The quantitative estimate of drug-likeness (QED) is 0.850. The van der Waals surface area contributed by atoms with Gasteiger partial charge in [-0.25, -0.2) is 8.78 Å². The normalized spacial score (nSPS) is 25.3. The Morgan fingerprint density at radius 2 is 2.11 bits per heavy atom. The van der Waals surface area contributed by atoms with Crippen LogP contribution in [0.25, 0.3) is 0 Å².